The molecule has 0 atom stereocenters. The molecular formula is C25H24N2O7. The molecule has 176 valence electrons. The predicted molar refractivity (Wildman–Crippen MR) is 125 cm³/mol. The minimum Gasteiger partial charge on any atom is -0.437 e. The van der Waals surface area contributed by atoms with E-state index < -0.39 is 12.3 Å². The number of benzene rings is 3. The molecule has 0 aliphatic carbocycles. The zero-order chi connectivity index (χ0) is 23.9. The molecule has 0 unspecified atom stereocenters. The Balaban J connectivity index is 1.83. The highest BCUT2D eigenvalue weighted by atomic mass is 16.7. The van der Waals surface area contributed by atoms with Crippen LogP contribution in [-0.2, 0) is 9.47 Å². The molecule has 0 aromatic heterocycles. The summed E-state index contributed by atoms with van der Waals surface area (Å²) < 4.78 is 20.1. The van der Waals surface area contributed by atoms with Crippen LogP contribution in [0.5, 0.6) is 11.5 Å². The normalized spacial score (nSPS) is 12.5. The molecule has 0 saturated carbocycles. The highest BCUT2D eigenvalue weighted by Crippen LogP contribution is 2.47. The number of methoxy groups -OCH3 is 1. The molecule has 9 nitrogen and oxygen atoms in total. The van der Waals surface area contributed by atoms with Gasteiger partial charge in [0, 0.05) is 36.6 Å². The Kier molecular flexibility index (Phi) is 7.14. The van der Waals surface area contributed by atoms with E-state index in [2.05, 4.69) is 14.5 Å². The van der Waals surface area contributed by atoms with Crippen molar-refractivity contribution < 1.29 is 33.6 Å². The van der Waals surface area contributed by atoms with E-state index in [9.17, 15) is 9.59 Å². The van der Waals surface area contributed by atoms with E-state index in [0.717, 1.165) is 22.7 Å². The second kappa shape index (κ2) is 10.6. The lowest BCUT2D eigenvalue weighted by atomic mass is 10.1. The minimum absolute atomic E-state index is 0.0117. The molecule has 0 fully saturated rings. The van der Waals surface area contributed by atoms with Crippen LogP contribution in [0.2, 0.25) is 0 Å². The molecule has 4 rings (SSSR count). The van der Waals surface area contributed by atoms with Crippen LogP contribution in [0.15, 0.2) is 72.8 Å². The first kappa shape index (κ1) is 22.9. The number of hydrogen-bond acceptors (Lipinski definition) is 9. The van der Waals surface area contributed by atoms with Gasteiger partial charge >= 0.3 is 12.3 Å². The largest absolute Gasteiger partial charge is 0.514 e. The van der Waals surface area contributed by atoms with Crippen molar-refractivity contribution in [3.8, 4) is 11.5 Å². The van der Waals surface area contributed by atoms with Gasteiger partial charge in [0.05, 0.1) is 25.1 Å². The van der Waals surface area contributed by atoms with Crippen LogP contribution in [0.4, 0.5) is 32.3 Å². The van der Waals surface area contributed by atoms with Gasteiger partial charge in [-0.15, -0.1) is 0 Å². The van der Waals surface area contributed by atoms with Gasteiger partial charge in [-0.1, -0.05) is 36.4 Å². The van der Waals surface area contributed by atoms with Crippen molar-refractivity contribution in [2.24, 2.45) is 0 Å². The lowest BCUT2D eigenvalue weighted by Gasteiger charge is -2.39. The van der Waals surface area contributed by atoms with Crippen molar-refractivity contribution in [2.45, 2.75) is 0 Å². The Labute approximate surface area is 196 Å². The minimum atomic E-state index is -1.04. The molecule has 3 aromatic rings. The Morgan fingerprint density at radius 2 is 1.26 bits per heavy atom. The van der Waals surface area contributed by atoms with Gasteiger partial charge in [-0.25, -0.2) is 9.59 Å². The summed E-state index contributed by atoms with van der Waals surface area (Å²) in [5.74, 6) is -0.0367. The lowest BCUT2D eigenvalue weighted by Crippen LogP contribution is -2.36. The number of anilines is 4. The first-order valence-electron chi connectivity index (χ1n) is 10.6. The van der Waals surface area contributed by atoms with E-state index in [4.69, 9.17) is 19.3 Å². The van der Waals surface area contributed by atoms with E-state index in [1.54, 1.807) is 12.1 Å². The predicted octanol–water partition coefficient (Wildman–Crippen LogP) is 4.63. The molecule has 1 aliphatic rings. The van der Waals surface area contributed by atoms with Crippen LogP contribution in [0.3, 0.4) is 0 Å². The average molecular weight is 464 g/mol. The van der Waals surface area contributed by atoms with Crippen LogP contribution in [0, 0.1) is 0 Å². The summed E-state index contributed by atoms with van der Waals surface area (Å²) in [5.41, 5.74) is 3.39. The molecule has 0 amide bonds. The van der Waals surface area contributed by atoms with E-state index in [0.29, 0.717) is 13.1 Å². The topological polar surface area (TPSA) is 97.8 Å². The molecule has 0 spiro atoms. The van der Waals surface area contributed by atoms with E-state index in [1.807, 2.05) is 60.7 Å². The summed E-state index contributed by atoms with van der Waals surface area (Å²) >= 11 is 0. The number of carbonyl (C=O) groups excluding carboxylic acids is 2. The first-order chi connectivity index (χ1) is 16.6. The van der Waals surface area contributed by atoms with E-state index >= 15 is 0 Å². The molecule has 34 heavy (non-hydrogen) atoms. The number of aliphatic hydroxyl groups is 1. The summed E-state index contributed by atoms with van der Waals surface area (Å²) in [6.45, 7) is 0.730. The maximum absolute atomic E-state index is 12.1. The fourth-order valence-electron chi connectivity index (χ4n) is 3.70. The summed E-state index contributed by atoms with van der Waals surface area (Å²) in [7, 11) is 1.18. The SMILES string of the molecule is COC(=O)Oc1cc2c(cc1OC(=O)OCCO)N(c1ccccc1)CCN2c1ccccc1. The second-order valence-electron chi connectivity index (χ2n) is 7.24. The van der Waals surface area contributed by atoms with E-state index in [-0.39, 0.29) is 24.7 Å². The van der Waals surface area contributed by atoms with E-state index in [1.165, 1.54) is 7.11 Å². The van der Waals surface area contributed by atoms with Gasteiger partial charge in [0.2, 0.25) is 0 Å². The first-order valence-corrected chi connectivity index (χ1v) is 10.6. The van der Waals surface area contributed by atoms with Crippen LogP contribution in [0.25, 0.3) is 0 Å². The number of ether oxygens (including phenoxy) is 4. The smallest absolute Gasteiger partial charge is 0.437 e. The lowest BCUT2D eigenvalue weighted by molar-refractivity contribution is 0.0787. The Hall–Kier alpha value is -4.24. The molecule has 0 bridgehead atoms. The highest BCUT2D eigenvalue weighted by molar-refractivity contribution is 5.87. The van der Waals surface area contributed by atoms with Gasteiger partial charge in [0.25, 0.3) is 0 Å². The average Bonchev–Trinajstić information content (AvgIpc) is 2.88. The zero-order valence-electron chi connectivity index (χ0n) is 18.5. The molecule has 1 N–H and O–H groups in total. The van der Waals surface area contributed by atoms with Gasteiger partial charge in [0.15, 0.2) is 11.5 Å². The fourth-order valence-corrected chi connectivity index (χ4v) is 3.70. The number of aliphatic hydroxyl groups excluding tert-OH is 1. The van der Waals surface area contributed by atoms with Gasteiger partial charge in [-0.2, -0.15) is 0 Å². The maximum atomic E-state index is 12.1. The van der Waals surface area contributed by atoms with Gasteiger partial charge < -0.3 is 33.9 Å². The third kappa shape index (κ3) is 5.05. The van der Waals surface area contributed by atoms with Crippen molar-refractivity contribution in [1.29, 1.82) is 0 Å². The Morgan fingerprint density at radius 3 is 1.71 bits per heavy atom. The third-order valence-corrected chi connectivity index (χ3v) is 5.17. The van der Waals surface area contributed by atoms with Crippen molar-refractivity contribution in [2.75, 3.05) is 43.2 Å². The number of para-hydroxylation sites is 2. The summed E-state index contributed by atoms with van der Waals surface area (Å²) in [6, 6.07) is 22.8. The van der Waals surface area contributed by atoms with Gasteiger partial charge in [-0.3, -0.25) is 0 Å². The monoisotopic (exact) mass is 464 g/mol. The van der Waals surface area contributed by atoms with Crippen LogP contribution >= 0.6 is 0 Å². The van der Waals surface area contributed by atoms with Crippen LogP contribution < -0.4 is 19.3 Å². The van der Waals surface area contributed by atoms with Crippen molar-refractivity contribution >= 4 is 35.1 Å². The van der Waals surface area contributed by atoms with Crippen molar-refractivity contribution in [1.82, 2.24) is 0 Å². The number of nitrogens with zero attached hydrogens (tertiary/aromatic N) is 2. The van der Waals surface area contributed by atoms with Crippen molar-refractivity contribution in [3.05, 3.63) is 72.8 Å². The third-order valence-electron chi connectivity index (χ3n) is 5.17. The standard InChI is InChI=1S/C25H24N2O7/c1-31-24(29)33-22-16-20-21(17-23(22)34-25(30)32-15-14-28)27(19-10-6-3-7-11-19)13-12-26(20)18-8-4-2-5-9-18/h2-11,16-17,28H,12-15H2,1H3. The molecule has 1 aliphatic heterocycles. The van der Waals surface area contributed by atoms with Gasteiger partial charge in [-0.05, 0) is 24.3 Å². The molecule has 1 heterocycles. The zero-order valence-corrected chi connectivity index (χ0v) is 18.5. The maximum Gasteiger partial charge on any atom is 0.514 e. The molecule has 0 radical (unpaired) electrons. The number of carbonyl (C=O) groups is 2. The van der Waals surface area contributed by atoms with Gasteiger partial charge in [0.1, 0.15) is 6.61 Å². The second-order valence-corrected chi connectivity index (χ2v) is 7.24. The summed E-state index contributed by atoms with van der Waals surface area (Å²) in [5, 5.41) is 8.91. The fraction of sp³-hybridized carbons (Fsp3) is 0.200. The number of hydrogen-bond donors (Lipinski definition) is 1. The summed E-state index contributed by atoms with van der Waals surface area (Å²) in [6.07, 6.45) is -2.00. The molecule has 3 aromatic carbocycles. The van der Waals surface area contributed by atoms with Crippen LogP contribution in [0.1, 0.15) is 0 Å². The molecule has 9 heteroatoms. The quantitative estimate of drug-likeness (QED) is 0.414. The highest BCUT2D eigenvalue weighted by Gasteiger charge is 2.29. The Morgan fingerprint density at radius 1 is 0.794 bits per heavy atom. The number of rotatable bonds is 6. The van der Waals surface area contributed by atoms with Crippen molar-refractivity contribution in [3.63, 3.8) is 0 Å². The number of fused-ring (bicyclic) bond motifs is 1. The Bertz CT molecular complexity index is 1140. The summed E-state index contributed by atoms with van der Waals surface area (Å²) in [4.78, 5) is 28.2. The molecular weight excluding hydrogens is 440 g/mol. The van der Waals surface area contributed by atoms with Crippen LogP contribution in [-0.4, -0.2) is 50.8 Å². The molecule has 0 saturated heterocycles.